The van der Waals surface area contributed by atoms with E-state index in [0.29, 0.717) is 0 Å². The van der Waals surface area contributed by atoms with Crippen LogP contribution in [0.15, 0.2) is 0 Å². The Morgan fingerprint density at radius 2 is 0.750 bits per heavy atom. The van der Waals surface area contributed by atoms with E-state index >= 15 is 0 Å². The van der Waals surface area contributed by atoms with Gasteiger partial charge in [-0.15, -0.1) is 0 Å². The number of hydrogen-bond donors (Lipinski definition) is 0. The van der Waals surface area contributed by atoms with Crippen LogP contribution in [0.3, 0.4) is 0 Å². The Hall–Kier alpha value is 2.16. The van der Waals surface area contributed by atoms with Gasteiger partial charge in [0.15, 0.2) is 0 Å². The van der Waals surface area contributed by atoms with Gasteiger partial charge in [-0.25, -0.2) is 0 Å². The van der Waals surface area contributed by atoms with Crippen LogP contribution < -0.4 is 0 Å². The van der Waals surface area contributed by atoms with Crippen molar-refractivity contribution < 1.29 is 70.1 Å². The summed E-state index contributed by atoms with van der Waals surface area (Å²) in [6.07, 6.45) is 0. The molecule has 0 amide bonds. The average Bonchev–Trinajstić information content (AvgIpc) is 0. The fourth-order valence-corrected chi connectivity index (χ4v) is 0. The van der Waals surface area contributed by atoms with Crippen LogP contribution in [0.4, 0.5) is 0 Å². The van der Waals surface area contributed by atoms with Crippen molar-refractivity contribution in [1.82, 2.24) is 0 Å². The van der Waals surface area contributed by atoms with Crippen LogP contribution in [0.5, 0.6) is 0 Å². The fraction of sp³-hybridized carbons (Fsp3) is 0. The van der Waals surface area contributed by atoms with Crippen molar-refractivity contribution in [2.75, 3.05) is 0 Å². The van der Waals surface area contributed by atoms with Crippen LogP contribution >= 0.6 is 0 Å². The molecule has 0 aliphatic heterocycles. The van der Waals surface area contributed by atoms with Crippen molar-refractivity contribution >= 4 is 0 Å². The maximum atomic E-state index is 0. The maximum absolute atomic E-state index is 0. The first kappa shape index (κ1) is 35.2. The summed E-state index contributed by atoms with van der Waals surface area (Å²) < 4.78 is 0. The number of rotatable bonds is 0. The molecule has 0 aromatic heterocycles. The van der Waals surface area contributed by atoms with E-state index < -0.39 is 0 Å². The molecule has 0 saturated carbocycles. The van der Waals surface area contributed by atoms with Gasteiger partial charge in [0.05, 0.1) is 0 Å². The second-order valence-corrected chi connectivity index (χ2v) is 0. The second-order valence-electron chi connectivity index (χ2n) is 0. The first-order valence-corrected chi connectivity index (χ1v) is 0. The van der Waals surface area contributed by atoms with E-state index in [0.717, 1.165) is 0 Å². The van der Waals surface area contributed by atoms with Crippen LogP contribution in [-0.2, 0) is 70.1 Å². The molecule has 3 radical (unpaired) electrons. The smallest absolute Gasteiger partial charge is 0 e. The van der Waals surface area contributed by atoms with Gasteiger partial charge in [0.1, 0.15) is 0 Å². The molecule has 0 rings (SSSR count). The first-order chi connectivity index (χ1) is 0. The van der Waals surface area contributed by atoms with Crippen LogP contribution in [0.1, 0.15) is 0 Å². The molecule has 0 unspecified atom stereocenters. The van der Waals surface area contributed by atoms with Gasteiger partial charge in [0, 0.05) is 70.1 Å². The van der Waals surface area contributed by atoms with Crippen molar-refractivity contribution in [3.63, 3.8) is 0 Å². The van der Waals surface area contributed by atoms with Gasteiger partial charge < -0.3 is 0 Å². The SMILES string of the molecule is [Co].[Co].[Fe].[Rh]. The predicted molar refractivity (Wildman–Crippen MR) is 0 cm³/mol. The minimum atomic E-state index is 0. The molecule has 0 spiro atoms. The second kappa shape index (κ2) is 19.2. The topological polar surface area (TPSA) is 0 Å². The summed E-state index contributed by atoms with van der Waals surface area (Å²) in [5, 5.41) is 0. The van der Waals surface area contributed by atoms with Gasteiger partial charge in [0.2, 0.25) is 0 Å². The van der Waals surface area contributed by atoms with Gasteiger partial charge in [-0.2, -0.15) is 0 Å². The monoisotopic (exact) mass is 277 g/mol. The Morgan fingerprint density at radius 1 is 0.750 bits per heavy atom. The summed E-state index contributed by atoms with van der Waals surface area (Å²) in [5.41, 5.74) is 0. The summed E-state index contributed by atoms with van der Waals surface area (Å²) in [7, 11) is 0. The van der Waals surface area contributed by atoms with Crippen molar-refractivity contribution in [2.24, 2.45) is 0 Å². The van der Waals surface area contributed by atoms with Gasteiger partial charge in [-0.05, 0) is 0 Å². The molecule has 0 bridgehead atoms. The normalized spacial score (nSPS) is 0. The first-order valence-electron chi connectivity index (χ1n) is 0. The summed E-state index contributed by atoms with van der Waals surface area (Å²) in [6, 6.07) is 0. The van der Waals surface area contributed by atoms with Gasteiger partial charge in [0.25, 0.3) is 0 Å². The quantitative estimate of drug-likeness (QED) is 0.546. The molecule has 35 valence electrons. The van der Waals surface area contributed by atoms with E-state index in [1.54, 1.807) is 0 Å². The molecule has 0 nitrogen and oxygen atoms in total. The molecule has 0 N–H and O–H groups in total. The van der Waals surface area contributed by atoms with Crippen LogP contribution in [0.25, 0.3) is 0 Å². The predicted octanol–water partition coefficient (Wildman–Crippen LogP) is -0.0100. The molecule has 0 aliphatic rings. The summed E-state index contributed by atoms with van der Waals surface area (Å²) >= 11 is 0. The third kappa shape index (κ3) is 8.91. The van der Waals surface area contributed by atoms with Gasteiger partial charge in [-0.1, -0.05) is 0 Å². The van der Waals surface area contributed by atoms with E-state index in [4.69, 9.17) is 0 Å². The zero-order valence-electron chi connectivity index (χ0n) is 1.35. The van der Waals surface area contributed by atoms with Crippen LogP contribution in [0.2, 0.25) is 0 Å². The standard InChI is InChI=1S/2Co.Fe.Rh. The van der Waals surface area contributed by atoms with Crippen molar-refractivity contribution in [2.45, 2.75) is 0 Å². The number of hydrogen-bond acceptors (Lipinski definition) is 0. The van der Waals surface area contributed by atoms with E-state index in [1.807, 2.05) is 0 Å². The average molecular weight is 277 g/mol. The van der Waals surface area contributed by atoms with Crippen LogP contribution in [0, 0.1) is 0 Å². The maximum Gasteiger partial charge on any atom is 0 e. The molecular formula is Co2FeRh. The Bertz CT molecular complexity index is 6.00. The van der Waals surface area contributed by atoms with Crippen LogP contribution in [-0.4, -0.2) is 0 Å². The molecule has 0 atom stereocenters. The molecular weight excluding hydrogens is 277 g/mol. The van der Waals surface area contributed by atoms with E-state index in [1.165, 1.54) is 0 Å². The molecule has 4 heteroatoms. The molecule has 0 saturated heterocycles. The summed E-state index contributed by atoms with van der Waals surface area (Å²) in [5.74, 6) is 0. The zero-order chi connectivity index (χ0) is 0. The fourth-order valence-electron chi connectivity index (χ4n) is 0. The van der Waals surface area contributed by atoms with Gasteiger partial charge in [-0.3, -0.25) is 0 Å². The van der Waals surface area contributed by atoms with Crippen molar-refractivity contribution in [3.05, 3.63) is 0 Å². The third-order valence-corrected chi connectivity index (χ3v) is 0. The van der Waals surface area contributed by atoms with Gasteiger partial charge >= 0.3 is 0 Å². The Labute approximate surface area is 69.5 Å². The van der Waals surface area contributed by atoms with Crippen molar-refractivity contribution in [3.8, 4) is 0 Å². The molecule has 0 heterocycles. The minimum absolute atomic E-state index is 0. The molecule has 0 aromatic carbocycles. The third-order valence-electron chi connectivity index (χ3n) is 0. The summed E-state index contributed by atoms with van der Waals surface area (Å²) in [4.78, 5) is 0. The molecule has 4 heavy (non-hydrogen) atoms. The molecule has 0 aromatic rings. The Kier molecular flexibility index (Phi) is 169. The largest absolute Gasteiger partial charge is 0 e. The van der Waals surface area contributed by atoms with E-state index in [-0.39, 0.29) is 70.1 Å². The minimum Gasteiger partial charge on any atom is 0 e. The summed E-state index contributed by atoms with van der Waals surface area (Å²) in [6.45, 7) is 0. The zero-order valence-corrected chi connectivity index (χ0v) is 6.18. The van der Waals surface area contributed by atoms with E-state index in [9.17, 15) is 0 Å². The Morgan fingerprint density at radius 3 is 0.750 bits per heavy atom. The molecule has 0 aliphatic carbocycles. The van der Waals surface area contributed by atoms with Crippen molar-refractivity contribution in [1.29, 1.82) is 0 Å². The molecule has 0 fully saturated rings. The Balaban J connectivity index is 0. The van der Waals surface area contributed by atoms with E-state index in [2.05, 4.69) is 0 Å².